The minimum atomic E-state index is 0.507. The van der Waals surface area contributed by atoms with Crippen LogP contribution in [0.15, 0.2) is 0 Å². The largest absolute Gasteiger partial charge is 0.312 e. The lowest BCUT2D eigenvalue weighted by Gasteiger charge is -2.02. The van der Waals surface area contributed by atoms with E-state index in [2.05, 4.69) is 11.4 Å². The quantitative estimate of drug-likeness (QED) is 0.584. The van der Waals surface area contributed by atoms with Crippen LogP contribution < -0.4 is 5.32 Å². The fourth-order valence-corrected chi connectivity index (χ4v) is 1.84. The molecule has 2 aliphatic rings. The van der Waals surface area contributed by atoms with Crippen LogP contribution in [0.2, 0.25) is 0 Å². The number of nitrogens with one attached hydrogen (secondary N) is 1. The van der Waals surface area contributed by atoms with Crippen LogP contribution in [-0.2, 0) is 0 Å². The lowest BCUT2D eigenvalue weighted by atomic mass is 10.0. The maximum Gasteiger partial charge on any atom is 0.0638 e. The molecule has 0 aromatic rings. The predicted octanol–water partition coefficient (Wildman–Crippen LogP) is 1.04. The molecule has 2 fully saturated rings. The van der Waals surface area contributed by atoms with Crippen LogP contribution in [0.4, 0.5) is 0 Å². The standard InChI is InChI=1S/C8H12N2/c9-4-1-7-5-8(2-3-8)6-10-7/h7,10H,1-3,5-6H2/t7-/m0/s1. The fraction of sp³-hybridized carbons (Fsp3) is 0.875. The second-order valence-electron chi connectivity index (χ2n) is 3.64. The Hall–Kier alpha value is -0.550. The molecule has 0 unspecified atom stereocenters. The third kappa shape index (κ3) is 0.911. The maximum atomic E-state index is 8.43. The van der Waals surface area contributed by atoms with E-state index in [4.69, 9.17) is 5.26 Å². The van der Waals surface area contributed by atoms with Gasteiger partial charge in [-0.05, 0) is 24.7 Å². The van der Waals surface area contributed by atoms with E-state index in [0.29, 0.717) is 17.9 Å². The fourth-order valence-electron chi connectivity index (χ4n) is 1.84. The van der Waals surface area contributed by atoms with Crippen LogP contribution in [0.3, 0.4) is 0 Å². The summed E-state index contributed by atoms with van der Waals surface area (Å²) < 4.78 is 0. The zero-order chi connectivity index (χ0) is 7.03. The van der Waals surface area contributed by atoms with E-state index >= 15 is 0 Å². The summed E-state index contributed by atoms with van der Waals surface area (Å²) in [5.41, 5.74) is 0.654. The summed E-state index contributed by atoms with van der Waals surface area (Å²) in [6.45, 7) is 1.17. The van der Waals surface area contributed by atoms with Crippen LogP contribution in [-0.4, -0.2) is 12.6 Å². The van der Waals surface area contributed by atoms with Crippen molar-refractivity contribution in [3.05, 3.63) is 0 Å². The van der Waals surface area contributed by atoms with Crippen LogP contribution >= 0.6 is 0 Å². The van der Waals surface area contributed by atoms with Gasteiger partial charge in [0.05, 0.1) is 12.5 Å². The molecule has 0 bridgehead atoms. The molecule has 0 amide bonds. The van der Waals surface area contributed by atoms with E-state index in [9.17, 15) is 0 Å². The second-order valence-corrected chi connectivity index (χ2v) is 3.64. The summed E-state index contributed by atoms with van der Waals surface area (Å²) in [5, 5.41) is 11.8. The first kappa shape index (κ1) is 6.18. The van der Waals surface area contributed by atoms with E-state index in [-0.39, 0.29) is 0 Å². The van der Waals surface area contributed by atoms with E-state index < -0.39 is 0 Å². The summed E-state index contributed by atoms with van der Waals surface area (Å²) in [6, 6.07) is 2.72. The van der Waals surface area contributed by atoms with E-state index in [1.165, 1.54) is 25.8 Å². The van der Waals surface area contributed by atoms with Gasteiger partial charge in [0.2, 0.25) is 0 Å². The number of hydrogen-bond acceptors (Lipinski definition) is 2. The van der Waals surface area contributed by atoms with Gasteiger partial charge < -0.3 is 5.32 Å². The molecule has 1 N–H and O–H groups in total. The molecular weight excluding hydrogens is 124 g/mol. The zero-order valence-corrected chi connectivity index (χ0v) is 6.06. The molecule has 1 atom stereocenters. The Morgan fingerprint density at radius 2 is 2.40 bits per heavy atom. The van der Waals surface area contributed by atoms with Crippen molar-refractivity contribution >= 4 is 0 Å². The normalized spacial score (nSPS) is 34.1. The van der Waals surface area contributed by atoms with Crippen molar-refractivity contribution < 1.29 is 0 Å². The van der Waals surface area contributed by atoms with Gasteiger partial charge in [-0.3, -0.25) is 0 Å². The molecule has 1 saturated carbocycles. The molecule has 1 aliphatic heterocycles. The zero-order valence-electron chi connectivity index (χ0n) is 6.06. The van der Waals surface area contributed by atoms with E-state index in [1.54, 1.807) is 0 Å². The minimum absolute atomic E-state index is 0.507. The summed E-state index contributed by atoms with van der Waals surface area (Å²) in [6.07, 6.45) is 4.73. The van der Waals surface area contributed by atoms with Gasteiger partial charge in [0.1, 0.15) is 0 Å². The molecule has 0 aromatic carbocycles. The van der Waals surface area contributed by atoms with Crippen LogP contribution in [0.25, 0.3) is 0 Å². The lowest BCUT2D eigenvalue weighted by molar-refractivity contribution is 0.546. The first-order valence-electron chi connectivity index (χ1n) is 3.95. The first-order chi connectivity index (χ1) is 4.85. The Balaban J connectivity index is 1.89. The summed E-state index contributed by atoms with van der Waals surface area (Å²) in [5.74, 6) is 0. The third-order valence-corrected chi connectivity index (χ3v) is 2.74. The van der Waals surface area contributed by atoms with Gasteiger partial charge in [-0.2, -0.15) is 5.26 Å². The summed E-state index contributed by atoms with van der Waals surface area (Å²) in [4.78, 5) is 0. The van der Waals surface area contributed by atoms with Crippen LogP contribution in [0.1, 0.15) is 25.7 Å². The smallest absolute Gasteiger partial charge is 0.0638 e. The molecule has 0 aromatic heterocycles. The van der Waals surface area contributed by atoms with Gasteiger partial charge in [-0.1, -0.05) is 0 Å². The van der Waals surface area contributed by atoms with E-state index in [1.807, 2.05) is 0 Å². The van der Waals surface area contributed by atoms with Crippen molar-refractivity contribution in [2.24, 2.45) is 5.41 Å². The van der Waals surface area contributed by atoms with Crippen molar-refractivity contribution in [1.29, 1.82) is 5.26 Å². The Labute approximate surface area is 61.2 Å². The minimum Gasteiger partial charge on any atom is -0.312 e. The number of hydrogen-bond donors (Lipinski definition) is 1. The molecule has 1 spiro atoms. The van der Waals surface area contributed by atoms with Gasteiger partial charge in [0.15, 0.2) is 0 Å². The highest BCUT2D eigenvalue weighted by molar-refractivity contribution is 5.04. The highest BCUT2D eigenvalue weighted by atomic mass is 15.0. The SMILES string of the molecule is N#CC[C@H]1CC2(CC2)CN1. The Morgan fingerprint density at radius 3 is 2.90 bits per heavy atom. The van der Waals surface area contributed by atoms with Crippen molar-refractivity contribution in [3.63, 3.8) is 0 Å². The molecule has 1 saturated heterocycles. The van der Waals surface area contributed by atoms with Gasteiger partial charge in [0.25, 0.3) is 0 Å². The number of rotatable bonds is 1. The molecular formula is C8H12N2. The highest BCUT2D eigenvalue weighted by Crippen LogP contribution is 2.52. The average Bonchev–Trinajstić information content (AvgIpc) is 2.52. The van der Waals surface area contributed by atoms with Gasteiger partial charge in [-0.15, -0.1) is 0 Å². The van der Waals surface area contributed by atoms with Crippen LogP contribution in [0.5, 0.6) is 0 Å². The molecule has 10 heavy (non-hydrogen) atoms. The maximum absolute atomic E-state index is 8.43. The summed E-state index contributed by atoms with van der Waals surface area (Å²) >= 11 is 0. The van der Waals surface area contributed by atoms with Gasteiger partial charge in [-0.25, -0.2) is 0 Å². The average molecular weight is 136 g/mol. The Kier molecular flexibility index (Phi) is 1.21. The third-order valence-electron chi connectivity index (χ3n) is 2.74. The Morgan fingerprint density at radius 1 is 1.60 bits per heavy atom. The van der Waals surface area contributed by atoms with Crippen molar-refractivity contribution in [2.75, 3.05) is 6.54 Å². The van der Waals surface area contributed by atoms with Gasteiger partial charge >= 0.3 is 0 Å². The van der Waals surface area contributed by atoms with Crippen molar-refractivity contribution in [3.8, 4) is 6.07 Å². The molecule has 2 heteroatoms. The number of nitriles is 1. The molecule has 1 heterocycles. The summed E-state index contributed by atoms with van der Waals surface area (Å²) in [7, 11) is 0. The molecule has 1 aliphatic carbocycles. The monoisotopic (exact) mass is 136 g/mol. The number of nitrogens with zero attached hydrogens (tertiary/aromatic N) is 1. The predicted molar refractivity (Wildman–Crippen MR) is 38.3 cm³/mol. The van der Waals surface area contributed by atoms with Gasteiger partial charge in [0, 0.05) is 12.6 Å². The Bertz CT molecular complexity index is 176. The molecule has 54 valence electrons. The molecule has 2 nitrogen and oxygen atoms in total. The van der Waals surface area contributed by atoms with Crippen LogP contribution in [0, 0.1) is 16.7 Å². The van der Waals surface area contributed by atoms with E-state index in [0.717, 1.165) is 0 Å². The highest BCUT2D eigenvalue weighted by Gasteiger charge is 2.47. The second kappa shape index (κ2) is 1.96. The van der Waals surface area contributed by atoms with Crippen molar-refractivity contribution in [2.45, 2.75) is 31.7 Å². The first-order valence-corrected chi connectivity index (χ1v) is 3.95. The molecule has 0 radical (unpaired) electrons. The lowest BCUT2D eigenvalue weighted by Crippen LogP contribution is -2.20. The topological polar surface area (TPSA) is 35.8 Å². The molecule has 2 rings (SSSR count). The van der Waals surface area contributed by atoms with Crippen molar-refractivity contribution in [1.82, 2.24) is 5.32 Å².